The molecule has 0 radical (unpaired) electrons. The van der Waals surface area contributed by atoms with E-state index in [0.717, 1.165) is 51.5 Å². The third kappa shape index (κ3) is 7.62. The minimum atomic E-state index is -0.660. The molecule has 220 valence electrons. The van der Waals surface area contributed by atoms with E-state index in [0.29, 0.717) is 18.5 Å². The number of likely N-dealkylation sites (N-methyl/N-ethyl adjacent to an activating group) is 2. The molecule has 0 aromatic heterocycles. The Labute approximate surface area is 234 Å². The Morgan fingerprint density at radius 2 is 1.56 bits per heavy atom. The molecular weight excluding hydrogens is 496 g/mol. The second-order valence-corrected chi connectivity index (χ2v) is 12.4. The molecule has 3 amide bonds. The number of esters is 1. The van der Waals surface area contributed by atoms with Crippen molar-refractivity contribution in [1.82, 2.24) is 20.0 Å². The van der Waals surface area contributed by atoms with Crippen LogP contribution in [0.5, 0.6) is 0 Å². The number of likely N-dealkylation sites (tertiary alicyclic amines) is 2. The highest BCUT2D eigenvalue weighted by Gasteiger charge is 2.38. The Morgan fingerprint density at radius 3 is 2.13 bits per heavy atom. The van der Waals surface area contributed by atoms with Crippen LogP contribution in [0.25, 0.3) is 0 Å². The third-order valence-electron chi connectivity index (χ3n) is 8.66. The number of ether oxygens (including phenoxy) is 1. The molecule has 1 N–H and O–H groups in total. The third-order valence-corrected chi connectivity index (χ3v) is 8.66. The van der Waals surface area contributed by atoms with Gasteiger partial charge in [-0.05, 0) is 77.3 Å². The van der Waals surface area contributed by atoms with Gasteiger partial charge in [0.25, 0.3) is 0 Å². The van der Waals surface area contributed by atoms with Crippen molar-refractivity contribution in [3.8, 4) is 0 Å². The van der Waals surface area contributed by atoms with Crippen LogP contribution in [0.1, 0.15) is 86.0 Å². The van der Waals surface area contributed by atoms with Crippen LogP contribution >= 0.6 is 0 Å². The molecule has 0 aromatic rings. The fourth-order valence-electron chi connectivity index (χ4n) is 5.83. The van der Waals surface area contributed by atoms with Crippen molar-refractivity contribution >= 4 is 23.7 Å². The first kappa shape index (κ1) is 31.1. The summed E-state index contributed by atoms with van der Waals surface area (Å²) in [5, 5.41) is 3.04. The van der Waals surface area contributed by atoms with E-state index in [1.165, 1.54) is 0 Å². The van der Waals surface area contributed by atoms with Crippen LogP contribution in [-0.4, -0.2) is 95.8 Å². The topological polar surface area (TPSA) is 99.3 Å². The van der Waals surface area contributed by atoms with Crippen LogP contribution in [-0.2, 0) is 23.9 Å². The van der Waals surface area contributed by atoms with Gasteiger partial charge in [-0.1, -0.05) is 40.2 Å². The van der Waals surface area contributed by atoms with Crippen molar-refractivity contribution < 1.29 is 23.9 Å². The van der Waals surface area contributed by atoms with Crippen molar-refractivity contribution in [2.75, 3.05) is 27.2 Å². The standard InChI is InChI=1S/C30H50N4O5/c1-19(2)25(18-21(5)28(36)34-17-11-15-24(34)30(38)39-22-12-10-13-22)33(7)29(37)26(20(3)4)31-27(35)23-14-8-9-16-32(23)6/h18-20,22-26H,8-17H2,1-7H3,(H,31,35)/t23-,24+,25-,26+/m1/s1. The normalized spacial score (nSPS) is 24.3. The van der Waals surface area contributed by atoms with Gasteiger partial charge < -0.3 is 19.9 Å². The van der Waals surface area contributed by atoms with Gasteiger partial charge in [-0.2, -0.15) is 0 Å². The van der Waals surface area contributed by atoms with Crippen molar-refractivity contribution in [3.63, 3.8) is 0 Å². The van der Waals surface area contributed by atoms with Gasteiger partial charge >= 0.3 is 5.97 Å². The van der Waals surface area contributed by atoms with Crippen molar-refractivity contribution in [2.24, 2.45) is 11.8 Å². The smallest absolute Gasteiger partial charge is 0.329 e. The molecule has 1 aliphatic carbocycles. The second-order valence-electron chi connectivity index (χ2n) is 12.4. The minimum Gasteiger partial charge on any atom is -0.461 e. The number of amides is 3. The Balaban J connectivity index is 1.71. The summed E-state index contributed by atoms with van der Waals surface area (Å²) >= 11 is 0. The van der Waals surface area contributed by atoms with Gasteiger partial charge in [0, 0.05) is 19.2 Å². The zero-order valence-corrected chi connectivity index (χ0v) is 25.1. The zero-order chi connectivity index (χ0) is 28.9. The Bertz CT molecular complexity index is 928. The number of hydrogen-bond acceptors (Lipinski definition) is 6. The predicted octanol–water partition coefficient (Wildman–Crippen LogP) is 3.13. The highest BCUT2D eigenvalue weighted by atomic mass is 16.5. The summed E-state index contributed by atoms with van der Waals surface area (Å²) in [7, 11) is 3.70. The van der Waals surface area contributed by atoms with Gasteiger partial charge in [-0.25, -0.2) is 4.79 Å². The predicted molar refractivity (Wildman–Crippen MR) is 151 cm³/mol. The maximum Gasteiger partial charge on any atom is 0.329 e. The fourth-order valence-corrected chi connectivity index (χ4v) is 5.83. The molecule has 3 aliphatic rings. The minimum absolute atomic E-state index is 0.00965. The molecule has 2 aliphatic heterocycles. The highest BCUT2D eigenvalue weighted by Crippen LogP contribution is 2.27. The molecule has 0 spiro atoms. The van der Waals surface area contributed by atoms with Crippen LogP contribution in [0.4, 0.5) is 0 Å². The molecule has 0 aromatic carbocycles. The highest BCUT2D eigenvalue weighted by molar-refractivity contribution is 5.96. The number of nitrogens with zero attached hydrogens (tertiary/aromatic N) is 3. The van der Waals surface area contributed by atoms with Gasteiger partial charge in [-0.15, -0.1) is 0 Å². The van der Waals surface area contributed by atoms with E-state index in [1.807, 2.05) is 40.8 Å². The first-order chi connectivity index (χ1) is 18.4. The largest absolute Gasteiger partial charge is 0.461 e. The monoisotopic (exact) mass is 546 g/mol. The summed E-state index contributed by atoms with van der Waals surface area (Å²) in [6, 6.07) is -1.77. The lowest BCUT2D eigenvalue weighted by Crippen LogP contribution is -2.57. The molecule has 39 heavy (non-hydrogen) atoms. The first-order valence-corrected chi connectivity index (χ1v) is 14.9. The Hall–Kier alpha value is -2.42. The van der Waals surface area contributed by atoms with E-state index < -0.39 is 12.1 Å². The zero-order valence-electron chi connectivity index (χ0n) is 25.1. The van der Waals surface area contributed by atoms with Crippen LogP contribution in [0, 0.1) is 11.8 Å². The average Bonchev–Trinajstić information content (AvgIpc) is 3.36. The average molecular weight is 547 g/mol. The molecule has 2 heterocycles. The van der Waals surface area contributed by atoms with Crippen LogP contribution < -0.4 is 5.32 Å². The molecule has 0 unspecified atom stereocenters. The molecule has 9 nitrogen and oxygen atoms in total. The van der Waals surface area contributed by atoms with E-state index in [-0.39, 0.29) is 53.7 Å². The quantitative estimate of drug-likeness (QED) is 0.334. The molecule has 3 rings (SSSR count). The van der Waals surface area contributed by atoms with E-state index in [9.17, 15) is 19.2 Å². The lowest BCUT2D eigenvalue weighted by atomic mass is 9.95. The van der Waals surface area contributed by atoms with Crippen molar-refractivity contribution in [1.29, 1.82) is 0 Å². The number of rotatable bonds is 10. The lowest BCUT2D eigenvalue weighted by molar-refractivity contribution is -0.160. The van der Waals surface area contributed by atoms with E-state index >= 15 is 0 Å². The van der Waals surface area contributed by atoms with E-state index in [1.54, 1.807) is 23.8 Å². The molecular formula is C30H50N4O5. The summed E-state index contributed by atoms with van der Waals surface area (Å²) in [5.41, 5.74) is 0.505. The number of nitrogens with one attached hydrogen (secondary N) is 1. The first-order valence-electron chi connectivity index (χ1n) is 14.9. The van der Waals surface area contributed by atoms with Crippen LogP contribution in [0.15, 0.2) is 11.6 Å². The lowest BCUT2D eigenvalue weighted by Gasteiger charge is -2.36. The summed E-state index contributed by atoms with van der Waals surface area (Å²) in [5.74, 6) is -0.824. The van der Waals surface area contributed by atoms with Crippen molar-refractivity contribution in [3.05, 3.63) is 11.6 Å². The summed E-state index contributed by atoms with van der Waals surface area (Å²) in [4.78, 5) is 58.4. The maximum atomic E-state index is 13.7. The number of hydrogen-bond donors (Lipinski definition) is 1. The van der Waals surface area contributed by atoms with Crippen molar-refractivity contribution in [2.45, 2.75) is 116 Å². The summed E-state index contributed by atoms with van der Waals surface area (Å²) in [6.45, 7) is 11.0. The molecule has 2 saturated heterocycles. The second kappa shape index (κ2) is 13.8. The van der Waals surface area contributed by atoms with Gasteiger partial charge in [0.2, 0.25) is 17.7 Å². The molecule has 1 saturated carbocycles. The van der Waals surface area contributed by atoms with E-state index in [4.69, 9.17) is 4.74 Å². The summed E-state index contributed by atoms with van der Waals surface area (Å²) < 4.78 is 5.61. The van der Waals surface area contributed by atoms with Gasteiger partial charge in [0.15, 0.2) is 0 Å². The summed E-state index contributed by atoms with van der Waals surface area (Å²) in [6.07, 6.45) is 8.96. The molecule has 0 bridgehead atoms. The van der Waals surface area contributed by atoms with Gasteiger partial charge in [0.1, 0.15) is 18.2 Å². The van der Waals surface area contributed by atoms with E-state index in [2.05, 4.69) is 10.2 Å². The number of carbonyl (C=O) groups is 4. The Morgan fingerprint density at radius 1 is 0.897 bits per heavy atom. The number of piperidine rings is 1. The molecule has 9 heteroatoms. The maximum absolute atomic E-state index is 13.7. The number of carbonyl (C=O) groups excluding carboxylic acids is 4. The van der Waals surface area contributed by atoms with Crippen LogP contribution in [0.3, 0.4) is 0 Å². The molecule has 4 atom stereocenters. The van der Waals surface area contributed by atoms with Crippen LogP contribution in [0.2, 0.25) is 0 Å². The fraction of sp³-hybridized carbons (Fsp3) is 0.800. The van der Waals surface area contributed by atoms with Gasteiger partial charge in [0.05, 0.1) is 12.1 Å². The Kier molecular flexibility index (Phi) is 11.0. The van der Waals surface area contributed by atoms with Gasteiger partial charge in [-0.3, -0.25) is 19.3 Å². The SMILES string of the molecule is CC(=C[C@H](C(C)C)N(C)C(=O)[C@@H](NC(=O)[C@H]1CCCCN1C)C(C)C)C(=O)N1CCC[C@H]1C(=O)OC1CCC1. The molecule has 3 fully saturated rings.